The number of halogens is 1. The van der Waals surface area contributed by atoms with Gasteiger partial charge >= 0.3 is 0 Å². The average Bonchev–Trinajstić information content (AvgIpc) is 2.96. The van der Waals surface area contributed by atoms with Crippen LogP contribution in [0.15, 0.2) is 48.7 Å². The predicted octanol–water partition coefficient (Wildman–Crippen LogP) is 3.30. The molecule has 1 aromatic heterocycles. The van der Waals surface area contributed by atoms with E-state index in [0.717, 1.165) is 38.0 Å². The molecule has 1 amide bonds. The highest BCUT2D eigenvalue weighted by Crippen LogP contribution is 2.21. The van der Waals surface area contributed by atoms with Crippen molar-refractivity contribution in [3.8, 4) is 5.75 Å². The summed E-state index contributed by atoms with van der Waals surface area (Å²) < 4.78 is 5.28. The summed E-state index contributed by atoms with van der Waals surface area (Å²) in [7, 11) is 1.62. The van der Waals surface area contributed by atoms with Gasteiger partial charge in [-0.05, 0) is 62.7 Å². The van der Waals surface area contributed by atoms with Gasteiger partial charge in [0.05, 0.1) is 19.3 Å². The molecular formula is C20H26ClN3O2. The summed E-state index contributed by atoms with van der Waals surface area (Å²) in [6, 6.07) is 13.4. The molecule has 2 heterocycles. The first-order valence-electron chi connectivity index (χ1n) is 8.83. The molecular weight excluding hydrogens is 350 g/mol. The molecule has 3 rings (SSSR count). The Labute approximate surface area is 161 Å². The van der Waals surface area contributed by atoms with Gasteiger partial charge in [0.15, 0.2) is 0 Å². The summed E-state index contributed by atoms with van der Waals surface area (Å²) in [5.41, 5.74) is 1.57. The third kappa shape index (κ3) is 5.19. The number of nitrogens with one attached hydrogen (secondary N) is 1. The molecule has 0 bridgehead atoms. The molecule has 26 heavy (non-hydrogen) atoms. The Hall–Kier alpha value is -2.11. The molecule has 1 unspecified atom stereocenters. The molecule has 1 aliphatic rings. The molecule has 2 aromatic rings. The first kappa shape index (κ1) is 20.2. The summed E-state index contributed by atoms with van der Waals surface area (Å²) in [5, 5.41) is 3.42. The van der Waals surface area contributed by atoms with Gasteiger partial charge in [-0.25, -0.2) is 0 Å². The average molecular weight is 376 g/mol. The Bertz CT molecular complexity index is 688. The fourth-order valence-electron chi connectivity index (χ4n) is 3.27. The molecule has 1 aliphatic heterocycles. The van der Waals surface area contributed by atoms with Crippen LogP contribution in [0, 0.1) is 0 Å². The van der Waals surface area contributed by atoms with E-state index >= 15 is 0 Å². The minimum absolute atomic E-state index is 0. The zero-order valence-corrected chi connectivity index (χ0v) is 15.9. The quantitative estimate of drug-likeness (QED) is 0.871. The third-order valence-corrected chi connectivity index (χ3v) is 4.62. The van der Waals surface area contributed by atoms with Gasteiger partial charge in [0.1, 0.15) is 5.75 Å². The highest BCUT2D eigenvalue weighted by atomic mass is 35.5. The van der Waals surface area contributed by atoms with E-state index in [-0.39, 0.29) is 24.4 Å². The number of nitrogens with zero attached hydrogens (tertiary/aromatic N) is 2. The third-order valence-electron chi connectivity index (χ3n) is 4.62. The lowest BCUT2D eigenvalue weighted by Gasteiger charge is -2.31. The smallest absolute Gasteiger partial charge is 0.254 e. The van der Waals surface area contributed by atoms with Gasteiger partial charge in [0.25, 0.3) is 5.91 Å². The summed E-state index contributed by atoms with van der Waals surface area (Å²) in [4.78, 5) is 19.6. The minimum atomic E-state index is 0. The molecule has 0 spiro atoms. The SMILES string of the molecule is COc1cccc(C(=O)N(Cc2ccccn2)C2CCCNCC2)c1.Cl. The zero-order chi connectivity index (χ0) is 17.5. The molecule has 1 fully saturated rings. The first-order valence-corrected chi connectivity index (χ1v) is 8.83. The molecule has 1 N–H and O–H groups in total. The van der Waals surface area contributed by atoms with Crippen molar-refractivity contribution in [2.45, 2.75) is 31.8 Å². The molecule has 0 radical (unpaired) electrons. The largest absolute Gasteiger partial charge is 0.497 e. The Morgan fingerprint density at radius 2 is 2.12 bits per heavy atom. The van der Waals surface area contributed by atoms with Crippen LogP contribution in [0.3, 0.4) is 0 Å². The van der Waals surface area contributed by atoms with Crippen LogP contribution >= 0.6 is 12.4 Å². The van der Waals surface area contributed by atoms with Crippen molar-refractivity contribution in [3.05, 3.63) is 59.9 Å². The van der Waals surface area contributed by atoms with Gasteiger partial charge in [-0.15, -0.1) is 12.4 Å². The Balaban J connectivity index is 0.00000243. The van der Waals surface area contributed by atoms with E-state index in [9.17, 15) is 4.79 Å². The van der Waals surface area contributed by atoms with Crippen LogP contribution in [0.5, 0.6) is 5.75 Å². The predicted molar refractivity (Wildman–Crippen MR) is 105 cm³/mol. The lowest BCUT2D eigenvalue weighted by molar-refractivity contribution is 0.0642. The van der Waals surface area contributed by atoms with E-state index in [0.29, 0.717) is 17.9 Å². The molecule has 1 atom stereocenters. The van der Waals surface area contributed by atoms with E-state index < -0.39 is 0 Å². The first-order chi connectivity index (χ1) is 12.3. The number of carbonyl (C=O) groups is 1. The molecule has 140 valence electrons. The highest BCUT2D eigenvalue weighted by Gasteiger charge is 2.26. The van der Waals surface area contributed by atoms with E-state index in [1.54, 1.807) is 13.3 Å². The normalized spacial score (nSPS) is 16.9. The number of ether oxygens (including phenoxy) is 1. The van der Waals surface area contributed by atoms with Gasteiger partial charge < -0.3 is 15.0 Å². The molecule has 6 heteroatoms. The van der Waals surface area contributed by atoms with E-state index in [4.69, 9.17) is 4.74 Å². The van der Waals surface area contributed by atoms with Crippen molar-refractivity contribution in [1.29, 1.82) is 0 Å². The van der Waals surface area contributed by atoms with Crippen molar-refractivity contribution in [3.63, 3.8) is 0 Å². The number of pyridine rings is 1. The minimum Gasteiger partial charge on any atom is -0.497 e. The van der Waals surface area contributed by atoms with Crippen LogP contribution in [-0.2, 0) is 6.54 Å². The lowest BCUT2D eigenvalue weighted by Crippen LogP contribution is -2.40. The van der Waals surface area contributed by atoms with Crippen molar-refractivity contribution in [1.82, 2.24) is 15.2 Å². The lowest BCUT2D eigenvalue weighted by atomic mass is 10.0. The number of benzene rings is 1. The molecule has 1 aromatic carbocycles. The number of carbonyl (C=O) groups excluding carboxylic acids is 1. The topological polar surface area (TPSA) is 54.5 Å². The number of methoxy groups -OCH3 is 1. The summed E-state index contributed by atoms with van der Waals surface area (Å²) in [6.07, 6.45) is 4.82. The zero-order valence-electron chi connectivity index (χ0n) is 15.1. The standard InChI is InChI=1S/C20H25N3O2.ClH/c1-25-19-9-4-6-16(14-19)20(24)23(15-17-7-2-3-12-22-17)18-8-5-11-21-13-10-18;/h2-4,6-7,9,12,14,18,21H,5,8,10-11,13,15H2,1H3;1H. The van der Waals surface area contributed by atoms with Crippen LogP contribution in [0.2, 0.25) is 0 Å². The maximum absolute atomic E-state index is 13.3. The fourth-order valence-corrected chi connectivity index (χ4v) is 3.27. The number of amides is 1. The number of aromatic nitrogens is 1. The van der Waals surface area contributed by atoms with Gasteiger partial charge in [-0.3, -0.25) is 9.78 Å². The Kier molecular flexibility index (Phi) is 7.88. The summed E-state index contributed by atoms with van der Waals surface area (Å²) in [5.74, 6) is 0.739. The second kappa shape index (κ2) is 10.1. The van der Waals surface area contributed by atoms with Crippen LogP contribution < -0.4 is 10.1 Å². The van der Waals surface area contributed by atoms with Crippen LogP contribution in [0.1, 0.15) is 35.3 Å². The van der Waals surface area contributed by atoms with Crippen LogP contribution in [-0.4, -0.2) is 42.0 Å². The Morgan fingerprint density at radius 1 is 1.23 bits per heavy atom. The number of hydrogen-bond acceptors (Lipinski definition) is 4. The van der Waals surface area contributed by atoms with Crippen LogP contribution in [0.4, 0.5) is 0 Å². The highest BCUT2D eigenvalue weighted by molar-refractivity contribution is 5.94. The molecule has 5 nitrogen and oxygen atoms in total. The van der Waals surface area contributed by atoms with Gasteiger partial charge in [0, 0.05) is 17.8 Å². The number of rotatable bonds is 5. The molecule has 0 aliphatic carbocycles. The second-order valence-corrected chi connectivity index (χ2v) is 6.32. The molecule has 1 saturated heterocycles. The second-order valence-electron chi connectivity index (χ2n) is 6.32. The van der Waals surface area contributed by atoms with Gasteiger partial charge in [0.2, 0.25) is 0 Å². The van der Waals surface area contributed by atoms with Gasteiger partial charge in [-0.2, -0.15) is 0 Å². The maximum atomic E-state index is 13.3. The van der Waals surface area contributed by atoms with Gasteiger partial charge in [-0.1, -0.05) is 12.1 Å². The van der Waals surface area contributed by atoms with Crippen molar-refractivity contribution >= 4 is 18.3 Å². The van der Waals surface area contributed by atoms with E-state index in [1.165, 1.54) is 0 Å². The van der Waals surface area contributed by atoms with E-state index in [1.807, 2.05) is 47.4 Å². The van der Waals surface area contributed by atoms with Crippen molar-refractivity contribution < 1.29 is 9.53 Å². The summed E-state index contributed by atoms with van der Waals surface area (Å²) in [6.45, 7) is 2.48. The van der Waals surface area contributed by atoms with Crippen LogP contribution in [0.25, 0.3) is 0 Å². The molecule has 0 saturated carbocycles. The number of hydrogen-bond donors (Lipinski definition) is 1. The monoisotopic (exact) mass is 375 g/mol. The van der Waals surface area contributed by atoms with Crippen molar-refractivity contribution in [2.75, 3.05) is 20.2 Å². The van der Waals surface area contributed by atoms with E-state index in [2.05, 4.69) is 10.3 Å². The Morgan fingerprint density at radius 3 is 2.88 bits per heavy atom. The summed E-state index contributed by atoms with van der Waals surface area (Å²) >= 11 is 0. The fraction of sp³-hybridized carbons (Fsp3) is 0.400. The van der Waals surface area contributed by atoms with Crippen molar-refractivity contribution in [2.24, 2.45) is 0 Å². The maximum Gasteiger partial charge on any atom is 0.254 e.